The van der Waals surface area contributed by atoms with Gasteiger partial charge in [-0.1, -0.05) is 12.1 Å². The Morgan fingerprint density at radius 2 is 1.92 bits per heavy atom. The molecule has 0 spiro atoms. The second-order valence-corrected chi connectivity index (χ2v) is 9.73. The van der Waals surface area contributed by atoms with Gasteiger partial charge in [0.05, 0.1) is 25.2 Å². The molecule has 11 heteroatoms. The van der Waals surface area contributed by atoms with Crippen LogP contribution in [0.4, 0.5) is 5.82 Å². The predicted molar refractivity (Wildman–Crippen MR) is 134 cm³/mol. The highest BCUT2D eigenvalue weighted by molar-refractivity contribution is 5.79. The number of amides is 1. The number of aromatic nitrogens is 4. The van der Waals surface area contributed by atoms with Crippen molar-refractivity contribution >= 4 is 11.7 Å². The first-order chi connectivity index (χ1) is 18.1. The number of piperazine rings is 1. The summed E-state index contributed by atoms with van der Waals surface area (Å²) in [5.41, 5.74) is 2.90. The molecule has 2 aromatic heterocycles. The van der Waals surface area contributed by atoms with E-state index in [2.05, 4.69) is 21.0 Å². The number of aliphatic hydroxyl groups excluding tert-OH is 1. The molecule has 5 heterocycles. The summed E-state index contributed by atoms with van der Waals surface area (Å²) in [4.78, 5) is 28.0. The highest BCUT2D eigenvalue weighted by atomic mass is 16.5. The Balaban J connectivity index is 1.17. The molecule has 0 radical (unpaired) electrons. The number of methoxy groups -OCH3 is 1. The quantitative estimate of drug-likeness (QED) is 0.533. The number of hydrogen-bond donors (Lipinski definition) is 1. The number of anilines is 1. The van der Waals surface area contributed by atoms with E-state index in [1.807, 2.05) is 40.3 Å². The normalized spacial score (nSPS) is 21.6. The van der Waals surface area contributed by atoms with Gasteiger partial charge in [-0.05, 0) is 35.7 Å². The van der Waals surface area contributed by atoms with Gasteiger partial charge in [-0.15, -0.1) is 0 Å². The van der Waals surface area contributed by atoms with Gasteiger partial charge in [0, 0.05) is 52.1 Å². The second-order valence-electron chi connectivity index (χ2n) is 9.73. The molecule has 0 bridgehead atoms. The number of fused-ring (bicyclic) bond motifs is 3. The lowest BCUT2D eigenvalue weighted by Crippen LogP contribution is -2.50. The fraction of sp³-hybridized carbons (Fsp3) is 0.462. The maximum Gasteiger partial charge on any atom is 0.230 e. The van der Waals surface area contributed by atoms with Gasteiger partial charge in [-0.25, -0.2) is 9.97 Å². The number of carbonyl (C=O) groups is 1. The lowest BCUT2D eigenvalue weighted by Gasteiger charge is -2.36. The highest BCUT2D eigenvalue weighted by Crippen LogP contribution is 2.38. The number of ether oxygens (including phenoxy) is 2. The van der Waals surface area contributed by atoms with E-state index in [1.165, 1.54) is 11.0 Å². The van der Waals surface area contributed by atoms with E-state index in [0.717, 1.165) is 61.6 Å². The third kappa shape index (κ3) is 4.65. The first-order valence-electron chi connectivity index (χ1n) is 12.7. The summed E-state index contributed by atoms with van der Waals surface area (Å²) in [6.45, 7) is 5.49. The minimum Gasteiger partial charge on any atom is -0.497 e. The van der Waals surface area contributed by atoms with Gasteiger partial charge in [0.1, 0.15) is 17.9 Å². The number of hydrogen-bond acceptors (Lipinski definition) is 9. The standard InChI is InChI=1S/C26H31N7O4/c1-36-21-4-2-18(3-5-21)15-32-23-22(24-28-17-29-33(24)26(32)35)12-19(13-27-23)14-30-7-9-31(10-8-30)25(34)20-6-11-37-16-20/h2-5,12-13,17,20,26,35H,6-11,14-16H2,1H3. The van der Waals surface area contributed by atoms with Crippen LogP contribution in [0, 0.1) is 5.92 Å². The number of carbonyl (C=O) groups excluding carboxylic acids is 1. The number of pyridine rings is 1. The molecule has 2 unspecified atom stereocenters. The highest BCUT2D eigenvalue weighted by Gasteiger charge is 2.33. The summed E-state index contributed by atoms with van der Waals surface area (Å²) >= 11 is 0. The van der Waals surface area contributed by atoms with Crippen molar-refractivity contribution in [2.24, 2.45) is 5.92 Å². The van der Waals surface area contributed by atoms with Gasteiger partial charge in [0.25, 0.3) is 0 Å². The van der Waals surface area contributed by atoms with Crippen molar-refractivity contribution in [2.45, 2.75) is 25.9 Å². The Labute approximate surface area is 215 Å². The lowest BCUT2D eigenvalue weighted by molar-refractivity contribution is -0.137. The van der Waals surface area contributed by atoms with E-state index in [-0.39, 0.29) is 11.8 Å². The van der Waals surface area contributed by atoms with Crippen LogP contribution in [-0.4, -0.2) is 87.1 Å². The average Bonchev–Trinajstić information content (AvgIpc) is 3.65. The molecule has 3 aromatic rings. The molecule has 194 valence electrons. The summed E-state index contributed by atoms with van der Waals surface area (Å²) in [6, 6.07) is 9.84. The molecule has 1 amide bonds. The minimum atomic E-state index is -1.01. The fourth-order valence-electron chi connectivity index (χ4n) is 5.29. The van der Waals surface area contributed by atoms with Crippen molar-refractivity contribution in [3.05, 3.63) is 54.0 Å². The Morgan fingerprint density at radius 3 is 2.65 bits per heavy atom. The molecule has 2 fully saturated rings. The van der Waals surface area contributed by atoms with Crippen molar-refractivity contribution < 1.29 is 19.4 Å². The lowest BCUT2D eigenvalue weighted by atomic mass is 10.1. The van der Waals surface area contributed by atoms with Crippen LogP contribution in [0.25, 0.3) is 11.4 Å². The van der Waals surface area contributed by atoms with Gasteiger partial charge in [0.15, 0.2) is 5.82 Å². The minimum absolute atomic E-state index is 0.0185. The van der Waals surface area contributed by atoms with Crippen LogP contribution in [0.3, 0.4) is 0 Å². The number of aliphatic hydroxyl groups is 1. The van der Waals surface area contributed by atoms with Crippen LogP contribution < -0.4 is 9.64 Å². The monoisotopic (exact) mass is 505 g/mol. The van der Waals surface area contributed by atoms with Gasteiger partial charge in [-0.2, -0.15) is 9.78 Å². The summed E-state index contributed by atoms with van der Waals surface area (Å²) in [7, 11) is 1.64. The molecule has 37 heavy (non-hydrogen) atoms. The molecule has 1 aromatic carbocycles. The van der Waals surface area contributed by atoms with Crippen LogP contribution in [-0.2, 0) is 22.6 Å². The molecule has 2 atom stereocenters. The summed E-state index contributed by atoms with van der Waals surface area (Å²) < 4.78 is 12.2. The Hall–Kier alpha value is -3.54. The number of nitrogens with zero attached hydrogens (tertiary/aromatic N) is 7. The first-order valence-corrected chi connectivity index (χ1v) is 12.7. The summed E-state index contributed by atoms with van der Waals surface area (Å²) in [5, 5.41) is 15.3. The molecule has 2 saturated heterocycles. The average molecular weight is 506 g/mol. The maximum absolute atomic E-state index is 12.7. The maximum atomic E-state index is 12.7. The largest absolute Gasteiger partial charge is 0.497 e. The first kappa shape index (κ1) is 23.8. The Kier molecular flexibility index (Phi) is 6.49. The van der Waals surface area contributed by atoms with E-state index in [0.29, 0.717) is 31.4 Å². The molecular formula is C26H31N7O4. The summed E-state index contributed by atoms with van der Waals surface area (Å²) in [5.74, 6) is 2.29. The van der Waals surface area contributed by atoms with Crippen LogP contribution in [0.5, 0.6) is 5.75 Å². The van der Waals surface area contributed by atoms with Crippen molar-refractivity contribution in [3.63, 3.8) is 0 Å². The van der Waals surface area contributed by atoms with E-state index >= 15 is 0 Å². The van der Waals surface area contributed by atoms with Crippen LogP contribution in [0.2, 0.25) is 0 Å². The van der Waals surface area contributed by atoms with Crippen LogP contribution in [0.1, 0.15) is 23.9 Å². The van der Waals surface area contributed by atoms with Gasteiger partial charge >= 0.3 is 0 Å². The van der Waals surface area contributed by atoms with Crippen molar-refractivity contribution in [3.8, 4) is 17.1 Å². The third-order valence-corrected chi connectivity index (χ3v) is 7.39. The zero-order valence-electron chi connectivity index (χ0n) is 20.9. The topological polar surface area (TPSA) is 109 Å². The van der Waals surface area contributed by atoms with E-state index < -0.39 is 6.35 Å². The molecule has 11 nitrogen and oxygen atoms in total. The summed E-state index contributed by atoms with van der Waals surface area (Å²) in [6.07, 6.45) is 3.14. The Morgan fingerprint density at radius 1 is 1.11 bits per heavy atom. The molecule has 3 aliphatic rings. The third-order valence-electron chi connectivity index (χ3n) is 7.39. The zero-order valence-corrected chi connectivity index (χ0v) is 20.9. The van der Waals surface area contributed by atoms with Gasteiger partial charge in [-0.3, -0.25) is 9.69 Å². The van der Waals surface area contributed by atoms with E-state index in [4.69, 9.17) is 14.5 Å². The van der Waals surface area contributed by atoms with E-state index in [1.54, 1.807) is 7.11 Å². The number of benzene rings is 1. The predicted octanol–water partition coefficient (Wildman–Crippen LogP) is 1.50. The van der Waals surface area contributed by atoms with Crippen LogP contribution in [0.15, 0.2) is 42.9 Å². The molecule has 6 rings (SSSR count). The second kappa shape index (κ2) is 10.1. The van der Waals surface area contributed by atoms with E-state index in [9.17, 15) is 9.90 Å². The van der Waals surface area contributed by atoms with Crippen molar-refractivity contribution in [2.75, 3.05) is 51.4 Å². The molecule has 0 aliphatic carbocycles. The van der Waals surface area contributed by atoms with Gasteiger partial charge < -0.3 is 24.4 Å². The molecule has 1 N–H and O–H groups in total. The van der Waals surface area contributed by atoms with Crippen molar-refractivity contribution in [1.29, 1.82) is 0 Å². The smallest absolute Gasteiger partial charge is 0.230 e. The Bertz CT molecular complexity index is 1250. The molecule has 0 saturated carbocycles. The fourth-order valence-corrected chi connectivity index (χ4v) is 5.29. The van der Waals surface area contributed by atoms with Crippen LogP contribution >= 0.6 is 0 Å². The van der Waals surface area contributed by atoms with Crippen molar-refractivity contribution in [1.82, 2.24) is 29.5 Å². The van der Waals surface area contributed by atoms with Gasteiger partial charge in [0.2, 0.25) is 12.3 Å². The number of rotatable bonds is 6. The molecule has 3 aliphatic heterocycles. The SMILES string of the molecule is COc1ccc(CN2c3ncc(CN4CCN(C(=O)C5CCOC5)CC4)cc3-c3ncnn3C2O)cc1. The molecular weight excluding hydrogens is 474 g/mol. The zero-order chi connectivity index (χ0) is 25.4.